The van der Waals surface area contributed by atoms with Crippen LogP contribution in [0, 0.1) is 0 Å². The molecule has 2 rings (SSSR count). The van der Waals surface area contributed by atoms with E-state index < -0.39 is 11.9 Å². The fourth-order valence-electron chi connectivity index (χ4n) is 6.07. The summed E-state index contributed by atoms with van der Waals surface area (Å²) in [4.78, 5) is 20.4. The molecular weight excluding hydrogens is 635 g/mol. The Bertz CT molecular complexity index is 897. The van der Waals surface area contributed by atoms with Gasteiger partial charge in [-0.15, -0.1) is 0 Å². The fraction of sp³-hybridized carbons (Fsp3) is 0.810. The Morgan fingerprint density at radius 1 is 0.440 bits per heavy atom. The van der Waals surface area contributed by atoms with E-state index >= 15 is 0 Å². The molecule has 50 heavy (non-hydrogen) atoms. The molecule has 0 radical (unpaired) electrons. The Labute approximate surface area is 323 Å². The molecule has 8 heteroatoms. The number of para-hydroxylation sites is 2. The van der Waals surface area contributed by atoms with Crippen LogP contribution in [0.15, 0.2) is 24.3 Å². The van der Waals surface area contributed by atoms with Crippen LogP contribution in [0.4, 0.5) is 0 Å². The van der Waals surface area contributed by atoms with Gasteiger partial charge in [0.1, 0.15) is 11.0 Å². The number of nitrogens with zero attached hydrogens (tertiary/aromatic N) is 2. The van der Waals surface area contributed by atoms with Gasteiger partial charge in [0.2, 0.25) is 0 Å². The second kappa shape index (κ2) is 41.7. The first kappa shape index (κ1) is 50.4. The van der Waals surface area contributed by atoms with Crippen LogP contribution in [0.1, 0.15) is 219 Å². The van der Waals surface area contributed by atoms with Crippen LogP contribution in [0.2, 0.25) is 0 Å². The maximum atomic E-state index is 10.2. The van der Waals surface area contributed by atoms with Gasteiger partial charge in [0.05, 0.1) is 0 Å². The predicted octanol–water partition coefficient (Wildman–Crippen LogP) is 10.6. The zero-order chi connectivity index (χ0) is 35.9. The summed E-state index contributed by atoms with van der Waals surface area (Å²) in [5.41, 5.74) is 1.83. The minimum atomic E-state index is -0.903. The van der Waals surface area contributed by atoms with Gasteiger partial charge < -0.3 is 19.8 Å². The van der Waals surface area contributed by atoms with Crippen molar-refractivity contribution < 1.29 is 19.8 Å². The molecule has 0 aliphatic heterocycles. The molecule has 0 spiro atoms. The van der Waals surface area contributed by atoms with Crippen molar-refractivity contribution in [1.29, 1.82) is 0 Å². The summed E-state index contributed by atoms with van der Waals surface area (Å²) in [6.45, 7) is 4.53. The maximum Gasteiger partial charge on any atom is 2.00 e. The van der Waals surface area contributed by atoms with Gasteiger partial charge in [-0.1, -0.05) is 206 Å². The number of carboxylic acid groups (broad SMARTS) is 2. The molecule has 0 amide bonds. The van der Waals surface area contributed by atoms with E-state index in [0.717, 1.165) is 36.7 Å². The van der Waals surface area contributed by atoms with E-state index in [4.69, 9.17) is 0 Å². The second-order valence-electron chi connectivity index (χ2n) is 14.0. The van der Waals surface area contributed by atoms with Gasteiger partial charge in [-0.2, -0.15) is 15.4 Å². The monoisotopic (exact) mass is 710 g/mol. The Kier molecular flexibility index (Phi) is 42.1. The number of aromatic nitrogens is 3. The number of benzene rings is 1. The topological polar surface area (TPSA) is 122 Å². The third-order valence-electron chi connectivity index (χ3n) is 9.19. The van der Waals surface area contributed by atoms with Crippen molar-refractivity contribution in [3.63, 3.8) is 0 Å². The number of unbranched alkanes of at least 4 members (excludes halogenated alkanes) is 28. The molecule has 1 heterocycles. The molecule has 0 aliphatic carbocycles. The third-order valence-corrected chi connectivity index (χ3v) is 9.19. The van der Waals surface area contributed by atoms with E-state index in [1.807, 2.05) is 24.3 Å². The number of aromatic amines is 1. The summed E-state index contributed by atoms with van der Waals surface area (Å²) in [5, 5.41) is 30.7. The van der Waals surface area contributed by atoms with E-state index in [1.165, 1.54) is 167 Å². The molecule has 0 atom stereocenters. The molecule has 1 aromatic heterocycles. The Morgan fingerprint density at radius 2 is 0.660 bits per heavy atom. The van der Waals surface area contributed by atoms with Crippen LogP contribution in [-0.2, 0) is 9.59 Å². The molecule has 1 N–H and O–H groups in total. The number of carbonyl (C=O) groups is 2. The molecule has 0 fully saturated rings. The van der Waals surface area contributed by atoms with Crippen LogP contribution in [0.3, 0.4) is 0 Å². The third kappa shape index (κ3) is 39.1. The Morgan fingerprint density at radius 3 is 0.880 bits per heavy atom. The van der Waals surface area contributed by atoms with E-state index in [-0.39, 0.29) is 35.9 Å². The van der Waals surface area contributed by atoms with Crippen LogP contribution in [0.25, 0.3) is 11.0 Å². The fourth-order valence-corrected chi connectivity index (χ4v) is 6.07. The Balaban J connectivity index is 0. The molecule has 0 aliphatic rings. The number of rotatable bonds is 32. The summed E-state index contributed by atoms with van der Waals surface area (Å²) < 4.78 is 0. The molecular formula is C42H75MgN3O4. The van der Waals surface area contributed by atoms with Crippen molar-refractivity contribution >= 4 is 46.0 Å². The SMILES string of the molecule is CCCCCCCCCCCCCCCCCC(=O)[O-].CCCCCCCCCCCCCCCCCC(=O)[O-].[Mg+2].c1ccc2n[nH]nc2c1. The van der Waals surface area contributed by atoms with Gasteiger partial charge in [0, 0.05) is 11.9 Å². The van der Waals surface area contributed by atoms with Crippen LogP contribution in [0.5, 0.6) is 0 Å². The molecule has 7 nitrogen and oxygen atoms in total. The number of carboxylic acids is 2. The number of H-pyrrole nitrogens is 1. The summed E-state index contributed by atoms with van der Waals surface area (Å²) in [6.07, 6.45) is 39.7. The first-order valence-electron chi connectivity index (χ1n) is 20.7. The zero-order valence-electron chi connectivity index (χ0n) is 32.7. The number of aliphatic carboxylic acids is 2. The van der Waals surface area contributed by atoms with Crippen molar-refractivity contribution in [3.05, 3.63) is 24.3 Å². The molecule has 0 saturated heterocycles. The van der Waals surface area contributed by atoms with Gasteiger partial charge in [0.25, 0.3) is 0 Å². The quantitative estimate of drug-likeness (QED) is 0.0596. The normalized spacial score (nSPS) is 10.5. The first-order valence-corrected chi connectivity index (χ1v) is 20.7. The number of nitrogens with one attached hydrogen (secondary N) is 1. The molecule has 0 unspecified atom stereocenters. The standard InChI is InChI=1S/2C18H36O2.C6H5N3.Mg/c2*1-2-3-4-5-6-7-8-9-10-11-12-13-14-15-16-17-18(19)20;1-2-4-6-5(3-1)7-9-8-6;/h2*2-17H2,1H3,(H,19,20);1-4H,(H,7,8,9);/q;;;+2/p-2. The van der Waals surface area contributed by atoms with Gasteiger partial charge in [-0.05, 0) is 37.8 Å². The van der Waals surface area contributed by atoms with Crippen molar-refractivity contribution in [2.45, 2.75) is 219 Å². The van der Waals surface area contributed by atoms with Crippen molar-refractivity contribution in [2.75, 3.05) is 0 Å². The molecule has 2 aromatic rings. The number of hydrogen-bond donors (Lipinski definition) is 1. The van der Waals surface area contributed by atoms with Gasteiger partial charge >= 0.3 is 23.1 Å². The second-order valence-corrected chi connectivity index (χ2v) is 14.0. The van der Waals surface area contributed by atoms with Crippen molar-refractivity contribution in [2.24, 2.45) is 0 Å². The van der Waals surface area contributed by atoms with Gasteiger partial charge in [-0.3, -0.25) is 0 Å². The van der Waals surface area contributed by atoms with Crippen LogP contribution in [-0.4, -0.2) is 50.4 Å². The van der Waals surface area contributed by atoms with Crippen molar-refractivity contribution in [3.8, 4) is 0 Å². The number of fused-ring (bicyclic) bond motifs is 1. The smallest absolute Gasteiger partial charge is 0.550 e. The van der Waals surface area contributed by atoms with Crippen LogP contribution < -0.4 is 10.2 Å². The molecule has 0 bridgehead atoms. The van der Waals surface area contributed by atoms with E-state index in [1.54, 1.807) is 0 Å². The predicted molar refractivity (Wildman–Crippen MR) is 209 cm³/mol. The van der Waals surface area contributed by atoms with E-state index in [2.05, 4.69) is 29.3 Å². The average Bonchev–Trinajstić information content (AvgIpc) is 3.58. The number of carbonyl (C=O) groups excluding carboxylic acids is 2. The largest absolute Gasteiger partial charge is 2.00 e. The maximum absolute atomic E-state index is 10.2. The van der Waals surface area contributed by atoms with E-state index in [9.17, 15) is 19.8 Å². The van der Waals surface area contributed by atoms with Gasteiger partial charge in [-0.25, -0.2) is 0 Å². The summed E-state index contributed by atoms with van der Waals surface area (Å²) in [5.74, 6) is -1.81. The minimum absolute atomic E-state index is 0. The molecule has 1 aromatic carbocycles. The zero-order valence-corrected chi connectivity index (χ0v) is 34.1. The number of hydrogen-bond acceptors (Lipinski definition) is 6. The Hall–Kier alpha value is -1.67. The molecule has 284 valence electrons. The van der Waals surface area contributed by atoms with Gasteiger partial charge in [0.15, 0.2) is 0 Å². The van der Waals surface area contributed by atoms with Crippen LogP contribution >= 0.6 is 0 Å². The van der Waals surface area contributed by atoms with Crippen molar-refractivity contribution in [1.82, 2.24) is 15.4 Å². The minimum Gasteiger partial charge on any atom is -0.550 e. The summed E-state index contributed by atoms with van der Waals surface area (Å²) >= 11 is 0. The summed E-state index contributed by atoms with van der Waals surface area (Å²) in [7, 11) is 0. The molecule has 0 saturated carbocycles. The average molecular weight is 710 g/mol. The summed E-state index contributed by atoms with van der Waals surface area (Å²) in [6, 6.07) is 7.70. The first-order chi connectivity index (χ1) is 24.0. The van der Waals surface area contributed by atoms with E-state index in [0.29, 0.717) is 0 Å².